The lowest BCUT2D eigenvalue weighted by Crippen LogP contribution is -2.48. The lowest BCUT2D eigenvalue weighted by atomic mass is 10.1. The Bertz CT molecular complexity index is 712. The van der Waals surface area contributed by atoms with Crippen molar-refractivity contribution in [2.45, 2.75) is 6.61 Å². The van der Waals surface area contributed by atoms with Crippen LogP contribution in [0.4, 0.5) is 5.69 Å². The van der Waals surface area contributed by atoms with E-state index in [0.717, 1.165) is 34.9 Å². The van der Waals surface area contributed by atoms with Gasteiger partial charge in [-0.3, -0.25) is 4.79 Å². The summed E-state index contributed by atoms with van der Waals surface area (Å²) < 4.78 is 5.14. The number of para-hydroxylation sites is 1. The number of halogens is 1. The average Bonchev–Trinajstić information content (AvgIpc) is 2.62. The van der Waals surface area contributed by atoms with Crippen LogP contribution in [0.5, 0.6) is 0 Å². The van der Waals surface area contributed by atoms with Crippen molar-refractivity contribution in [3.05, 3.63) is 64.7 Å². The molecule has 1 aliphatic heterocycles. The minimum absolute atomic E-state index is 0.0757. The highest BCUT2D eigenvalue weighted by Gasteiger charge is 2.23. The van der Waals surface area contributed by atoms with Gasteiger partial charge < -0.3 is 14.5 Å². The maximum Gasteiger partial charge on any atom is 0.253 e. The Hall–Kier alpha value is -2.04. The Morgan fingerprint density at radius 1 is 1.08 bits per heavy atom. The third-order valence-electron chi connectivity index (χ3n) is 4.24. The molecule has 0 spiro atoms. The van der Waals surface area contributed by atoms with Gasteiger partial charge in [0, 0.05) is 38.9 Å². The quantitative estimate of drug-likeness (QED) is 0.851. The van der Waals surface area contributed by atoms with Gasteiger partial charge in [0.2, 0.25) is 0 Å². The Labute approximate surface area is 147 Å². The molecule has 0 N–H and O–H groups in total. The van der Waals surface area contributed by atoms with E-state index >= 15 is 0 Å². The van der Waals surface area contributed by atoms with E-state index < -0.39 is 0 Å². The number of benzene rings is 2. The highest BCUT2D eigenvalue weighted by molar-refractivity contribution is 6.33. The Balaban J connectivity index is 1.65. The first-order valence-corrected chi connectivity index (χ1v) is 8.43. The fourth-order valence-corrected chi connectivity index (χ4v) is 3.26. The van der Waals surface area contributed by atoms with Gasteiger partial charge in [0.25, 0.3) is 5.91 Å². The van der Waals surface area contributed by atoms with Crippen LogP contribution in [-0.4, -0.2) is 44.1 Å². The molecular formula is C19H21ClN2O2. The van der Waals surface area contributed by atoms with Crippen LogP contribution in [0, 0.1) is 0 Å². The molecule has 0 aliphatic carbocycles. The van der Waals surface area contributed by atoms with E-state index in [2.05, 4.69) is 4.90 Å². The predicted molar refractivity (Wildman–Crippen MR) is 96.7 cm³/mol. The number of piperazine rings is 1. The number of amides is 1. The number of ether oxygens (including phenoxy) is 1. The minimum Gasteiger partial charge on any atom is -0.380 e. The third kappa shape index (κ3) is 3.71. The van der Waals surface area contributed by atoms with Crippen LogP contribution in [0.25, 0.3) is 0 Å². The molecule has 1 fully saturated rings. The highest BCUT2D eigenvalue weighted by atomic mass is 35.5. The number of hydrogen-bond donors (Lipinski definition) is 0. The molecule has 2 aromatic rings. The van der Waals surface area contributed by atoms with Gasteiger partial charge in [0.1, 0.15) is 0 Å². The summed E-state index contributed by atoms with van der Waals surface area (Å²) in [7, 11) is 1.66. The van der Waals surface area contributed by atoms with Crippen molar-refractivity contribution in [3.63, 3.8) is 0 Å². The SMILES string of the molecule is COCc1cccc(C(=O)N2CCN(c3ccccc3Cl)CC2)c1. The largest absolute Gasteiger partial charge is 0.380 e. The van der Waals surface area contributed by atoms with Crippen LogP contribution >= 0.6 is 11.6 Å². The summed E-state index contributed by atoms with van der Waals surface area (Å²) in [6, 6.07) is 15.5. The third-order valence-corrected chi connectivity index (χ3v) is 4.56. The first-order valence-electron chi connectivity index (χ1n) is 8.05. The van der Waals surface area contributed by atoms with Crippen molar-refractivity contribution in [2.75, 3.05) is 38.2 Å². The molecule has 1 aliphatic rings. The second-order valence-electron chi connectivity index (χ2n) is 5.86. The molecule has 5 heteroatoms. The van der Waals surface area contributed by atoms with E-state index in [9.17, 15) is 4.79 Å². The smallest absolute Gasteiger partial charge is 0.253 e. The van der Waals surface area contributed by atoms with E-state index in [-0.39, 0.29) is 5.91 Å². The van der Waals surface area contributed by atoms with Crippen molar-refractivity contribution < 1.29 is 9.53 Å². The number of methoxy groups -OCH3 is 1. The van der Waals surface area contributed by atoms with Crippen LogP contribution < -0.4 is 4.90 Å². The zero-order valence-electron chi connectivity index (χ0n) is 13.7. The maximum atomic E-state index is 12.7. The summed E-state index contributed by atoms with van der Waals surface area (Å²) in [5.74, 6) is 0.0757. The van der Waals surface area contributed by atoms with Gasteiger partial charge in [0.15, 0.2) is 0 Å². The molecule has 0 atom stereocenters. The number of hydrogen-bond acceptors (Lipinski definition) is 3. The fourth-order valence-electron chi connectivity index (χ4n) is 3.00. The van der Waals surface area contributed by atoms with Crippen LogP contribution in [0.3, 0.4) is 0 Å². The molecule has 1 saturated heterocycles. The number of rotatable bonds is 4. The summed E-state index contributed by atoms with van der Waals surface area (Å²) >= 11 is 6.27. The number of carbonyl (C=O) groups is 1. The van der Waals surface area contributed by atoms with Gasteiger partial charge in [-0.25, -0.2) is 0 Å². The molecule has 0 unspecified atom stereocenters. The van der Waals surface area contributed by atoms with Crippen LogP contribution in [-0.2, 0) is 11.3 Å². The summed E-state index contributed by atoms with van der Waals surface area (Å²) in [6.07, 6.45) is 0. The summed E-state index contributed by atoms with van der Waals surface area (Å²) in [4.78, 5) is 16.8. The maximum absolute atomic E-state index is 12.7. The van der Waals surface area contributed by atoms with Gasteiger partial charge in [-0.05, 0) is 29.8 Å². The molecule has 1 amide bonds. The minimum atomic E-state index is 0.0757. The molecule has 2 aromatic carbocycles. The highest BCUT2D eigenvalue weighted by Crippen LogP contribution is 2.26. The van der Waals surface area contributed by atoms with Gasteiger partial charge in [-0.2, -0.15) is 0 Å². The normalized spacial score (nSPS) is 14.8. The van der Waals surface area contributed by atoms with Crippen LogP contribution in [0.15, 0.2) is 48.5 Å². The lowest BCUT2D eigenvalue weighted by molar-refractivity contribution is 0.0746. The standard InChI is InChI=1S/C19H21ClN2O2/c1-24-14-15-5-4-6-16(13-15)19(23)22-11-9-21(10-12-22)18-8-3-2-7-17(18)20/h2-8,13H,9-12,14H2,1H3. The predicted octanol–water partition coefficient (Wildman–Crippen LogP) is 3.45. The molecule has 24 heavy (non-hydrogen) atoms. The Morgan fingerprint density at radius 3 is 2.54 bits per heavy atom. The average molecular weight is 345 g/mol. The molecule has 0 bridgehead atoms. The zero-order valence-corrected chi connectivity index (χ0v) is 14.5. The molecule has 3 rings (SSSR count). The molecule has 0 radical (unpaired) electrons. The van der Waals surface area contributed by atoms with Gasteiger partial charge in [-0.1, -0.05) is 35.9 Å². The van der Waals surface area contributed by atoms with E-state index in [1.807, 2.05) is 53.4 Å². The fraction of sp³-hybridized carbons (Fsp3) is 0.316. The molecule has 1 heterocycles. The van der Waals surface area contributed by atoms with E-state index in [1.54, 1.807) is 7.11 Å². The van der Waals surface area contributed by atoms with Gasteiger partial charge in [0.05, 0.1) is 17.3 Å². The van der Waals surface area contributed by atoms with Gasteiger partial charge >= 0.3 is 0 Å². The molecule has 0 saturated carbocycles. The second kappa shape index (κ2) is 7.69. The Morgan fingerprint density at radius 2 is 1.83 bits per heavy atom. The Kier molecular flexibility index (Phi) is 5.38. The molecule has 126 valence electrons. The van der Waals surface area contributed by atoms with Crippen molar-refractivity contribution in [1.29, 1.82) is 0 Å². The summed E-state index contributed by atoms with van der Waals surface area (Å²) in [5, 5.41) is 0.754. The van der Waals surface area contributed by atoms with Crippen molar-refractivity contribution in [1.82, 2.24) is 4.90 Å². The summed E-state index contributed by atoms with van der Waals surface area (Å²) in [5.41, 5.74) is 2.77. The van der Waals surface area contributed by atoms with Gasteiger partial charge in [-0.15, -0.1) is 0 Å². The van der Waals surface area contributed by atoms with Crippen molar-refractivity contribution in [3.8, 4) is 0 Å². The van der Waals surface area contributed by atoms with Crippen molar-refractivity contribution >= 4 is 23.2 Å². The second-order valence-corrected chi connectivity index (χ2v) is 6.27. The summed E-state index contributed by atoms with van der Waals surface area (Å²) in [6.45, 7) is 3.47. The molecular weight excluding hydrogens is 324 g/mol. The monoisotopic (exact) mass is 344 g/mol. The van der Waals surface area contributed by atoms with E-state index in [1.165, 1.54) is 0 Å². The number of nitrogens with zero attached hydrogens (tertiary/aromatic N) is 2. The van der Waals surface area contributed by atoms with E-state index in [4.69, 9.17) is 16.3 Å². The number of anilines is 1. The van der Waals surface area contributed by atoms with Crippen LogP contribution in [0.2, 0.25) is 5.02 Å². The number of carbonyl (C=O) groups excluding carboxylic acids is 1. The first kappa shape index (κ1) is 16.8. The van der Waals surface area contributed by atoms with E-state index in [0.29, 0.717) is 19.7 Å². The first-order chi connectivity index (χ1) is 11.7. The molecule has 4 nitrogen and oxygen atoms in total. The van der Waals surface area contributed by atoms with Crippen molar-refractivity contribution in [2.24, 2.45) is 0 Å². The topological polar surface area (TPSA) is 32.8 Å². The molecule has 0 aromatic heterocycles. The zero-order chi connectivity index (χ0) is 16.9. The van der Waals surface area contributed by atoms with Crippen LogP contribution in [0.1, 0.15) is 15.9 Å². The lowest BCUT2D eigenvalue weighted by Gasteiger charge is -2.36.